The molecule has 6 nitrogen and oxygen atoms in total. The van der Waals surface area contributed by atoms with Crippen molar-refractivity contribution in [3.63, 3.8) is 0 Å². The molecule has 2 aromatic rings. The summed E-state index contributed by atoms with van der Waals surface area (Å²) in [5, 5.41) is 3.10. The van der Waals surface area contributed by atoms with Crippen LogP contribution < -0.4 is 10.2 Å². The lowest BCUT2D eigenvalue weighted by atomic mass is 10.0. The van der Waals surface area contributed by atoms with E-state index < -0.39 is 0 Å². The lowest BCUT2D eigenvalue weighted by molar-refractivity contribution is 0.0692. The Balaban J connectivity index is 1.57. The predicted octanol–water partition coefficient (Wildman–Crippen LogP) is 2.49. The highest BCUT2D eigenvalue weighted by Gasteiger charge is 2.26. The number of benzene rings is 1. The van der Waals surface area contributed by atoms with Crippen LogP contribution in [0.15, 0.2) is 42.6 Å². The lowest BCUT2D eigenvalue weighted by Gasteiger charge is -2.32. The fraction of sp³-hybridized carbons (Fsp3) is 0.381. The second kappa shape index (κ2) is 8.20. The smallest absolute Gasteiger partial charge is 0.272 e. The highest BCUT2D eigenvalue weighted by Crippen LogP contribution is 2.17. The van der Waals surface area contributed by atoms with Crippen molar-refractivity contribution in [2.24, 2.45) is 0 Å². The molecule has 1 aromatic heterocycles. The number of carbonyl (C=O) groups is 2. The normalized spacial score (nSPS) is 14.7. The van der Waals surface area contributed by atoms with Crippen LogP contribution in [-0.2, 0) is 0 Å². The number of rotatable bonds is 4. The first-order valence-corrected chi connectivity index (χ1v) is 9.25. The molecule has 1 aliphatic rings. The molecule has 3 rings (SSSR count). The minimum absolute atomic E-state index is 0.0433. The molecule has 1 saturated heterocycles. The zero-order chi connectivity index (χ0) is 19.4. The maximum Gasteiger partial charge on any atom is 0.272 e. The van der Waals surface area contributed by atoms with Gasteiger partial charge in [-0.3, -0.25) is 14.6 Å². The summed E-state index contributed by atoms with van der Waals surface area (Å²) in [5.74, 6) is -0.0967. The number of hydrogen-bond donors (Lipinski definition) is 1. The zero-order valence-corrected chi connectivity index (χ0v) is 16.1. The van der Waals surface area contributed by atoms with Crippen molar-refractivity contribution in [1.82, 2.24) is 15.2 Å². The van der Waals surface area contributed by atoms with E-state index in [-0.39, 0.29) is 17.9 Å². The van der Waals surface area contributed by atoms with Gasteiger partial charge in [0.1, 0.15) is 5.69 Å². The first-order chi connectivity index (χ1) is 13.0. The summed E-state index contributed by atoms with van der Waals surface area (Å²) < 4.78 is 0. The van der Waals surface area contributed by atoms with Gasteiger partial charge in [0, 0.05) is 50.7 Å². The third-order valence-electron chi connectivity index (χ3n) is 4.99. The monoisotopic (exact) mass is 366 g/mol. The average Bonchev–Trinajstić information content (AvgIpc) is 2.68. The van der Waals surface area contributed by atoms with Crippen molar-refractivity contribution in [2.45, 2.75) is 25.8 Å². The number of likely N-dealkylation sites (tertiary alicyclic amines) is 1. The molecule has 1 aliphatic heterocycles. The molecule has 142 valence electrons. The van der Waals surface area contributed by atoms with Crippen molar-refractivity contribution in [3.8, 4) is 0 Å². The van der Waals surface area contributed by atoms with Crippen molar-refractivity contribution in [2.75, 3.05) is 32.1 Å². The topological polar surface area (TPSA) is 65.5 Å². The average molecular weight is 366 g/mol. The number of carbonyl (C=O) groups excluding carboxylic acids is 2. The molecule has 2 amide bonds. The quantitative estimate of drug-likeness (QED) is 0.903. The maximum absolute atomic E-state index is 12.7. The van der Waals surface area contributed by atoms with Gasteiger partial charge in [-0.05, 0) is 43.5 Å². The van der Waals surface area contributed by atoms with E-state index in [9.17, 15) is 9.59 Å². The molecule has 0 aliphatic carbocycles. The molecule has 27 heavy (non-hydrogen) atoms. The number of aromatic nitrogens is 1. The summed E-state index contributed by atoms with van der Waals surface area (Å²) in [4.78, 5) is 33.2. The van der Waals surface area contributed by atoms with Crippen LogP contribution in [-0.4, -0.2) is 54.9 Å². The molecule has 1 fully saturated rings. The largest absolute Gasteiger partial charge is 0.378 e. The Hall–Kier alpha value is -2.89. The summed E-state index contributed by atoms with van der Waals surface area (Å²) in [6.07, 6.45) is 3.16. The molecule has 0 radical (unpaired) electrons. The van der Waals surface area contributed by atoms with Crippen LogP contribution in [0.3, 0.4) is 0 Å². The Labute approximate surface area is 160 Å². The minimum Gasteiger partial charge on any atom is -0.378 e. The van der Waals surface area contributed by atoms with E-state index in [0.717, 1.165) is 24.1 Å². The van der Waals surface area contributed by atoms with E-state index in [1.165, 1.54) is 0 Å². The molecule has 1 N–H and O–H groups in total. The van der Waals surface area contributed by atoms with Gasteiger partial charge in [0.05, 0.1) is 0 Å². The number of pyridine rings is 1. The Morgan fingerprint density at radius 2 is 1.85 bits per heavy atom. The first kappa shape index (κ1) is 18.9. The number of amides is 2. The molecule has 1 aromatic carbocycles. The van der Waals surface area contributed by atoms with Gasteiger partial charge in [-0.15, -0.1) is 0 Å². The van der Waals surface area contributed by atoms with Crippen molar-refractivity contribution >= 4 is 17.5 Å². The molecule has 6 heteroatoms. The second-order valence-corrected chi connectivity index (χ2v) is 7.15. The van der Waals surface area contributed by atoms with Gasteiger partial charge in [0.15, 0.2) is 0 Å². The number of piperidine rings is 1. The Morgan fingerprint density at radius 3 is 2.52 bits per heavy atom. The minimum atomic E-state index is -0.0534. The van der Waals surface area contributed by atoms with E-state index in [1.54, 1.807) is 6.20 Å². The molecule has 0 spiro atoms. The van der Waals surface area contributed by atoms with E-state index in [4.69, 9.17) is 0 Å². The summed E-state index contributed by atoms with van der Waals surface area (Å²) in [6.45, 7) is 3.17. The summed E-state index contributed by atoms with van der Waals surface area (Å²) in [5.41, 5.74) is 3.09. The van der Waals surface area contributed by atoms with Crippen LogP contribution in [0.2, 0.25) is 0 Å². The molecule has 0 saturated carbocycles. The van der Waals surface area contributed by atoms with Gasteiger partial charge >= 0.3 is 0 Å². The van der Waals surface area contributed by atoms with Crippen LogP contribution in [0, 0.1) is 6.92 Å². The van der Waals surface area contributed by atoms with Crippen LogP contribution >= 0.6 is 0 Å². The number of nitrogens with one attached hydrogen (secondary N) is 1. The molecule has 0 atom stereocenters. The number of anilines is 1. The summed E-state index contributed by atoms with van der Waals surface area (Å²) in [7, 11) is 3.87. The van der Waals surface area contributed by atoms with Crippen LogP contribution in [0.25, 0.3) is 0 Å². The molecule has 2 heterocycles. The summed E-state index contributed by atoms with van der Waals surface area (Å²) in [6, 6.07) is 11.4. The molecule has 0 unspecified atom stereocenters. The highest BCUT2D eigenvalue weighted by molar-refractivity contribution is 5.96. The lowest BCUT2D eigenvalue weighted by Crippen LogP contribution is -2.46. The first-order valence-electron chi connectivity index (χ1n) is 9.25. The zero-order valence-electron chi connectivity index (χ0n) is 16.1. The number of aryl methyl sites for hydroxylation is 1. The van der Waals surface area contributed by atoms with E-state index >= 15 is 0 Å². The predicted molar refractivity (Wildman–Crippen MR) is 106 cm³/mol. The van der Waals surface area contributed by atoms with Crippen LogP contribution in [0.1, 0.15) is 39.3 Å². The van der Waals surface area contributed by atoms with E-state index in [1.807, 2.05) is 67.2 Å². The van der Waals surface area contributed by atoms with Crippen LogP contribution in [0.4, 0.5) is 5.69 Å². The van der Waals surface area contributed by atoms with Crippen LogP contribution in [0.5, 0.6) is 0 Å². The third-order valence-corrected chi connectivity index (χ3v) is 4.99. The van der Waals surface area contributed by atoms with Crippen molar-refractivity contribution in [3.05, 3.63) is 59.4 Å². The van der Waals surface area contributed by atoms with Gasteiger partial charge in [0.25, 0.3) is 11.8 Å². The summed E-state index contributed by atoms with van der Waals surface area (Å²) >= 11 is 0. The van der Waals surface area contributed by atoms with E-state index in [0.29, 0.717) is 24.3 Å². The Morgan fingerprint density at radius 1 is 1.15 bits per heavy atom. The third kappa shape index (κ3) is 4.45. The standard InChI is InChI=1S/C21H26N4O2/c1-15-6-4-5-7-18(15)20(26)23-16-9-12-25(13-10-16)21(27)19-14-17(24(2)3)8-11-22-19/h4-8,11,14,16H,9-10,12-13H2,1-3H3,(H,23,26). The molecular formula is C21H26N4O2. The fourth-order valence-corrected chi connectivity index (χ4v) is 3.29. The van der Waals surface area contributed by atoms with Gasteiger partial charge in [0.2, 0.25) is 0 Å². The van der Waals surface area contributed by atoms with Crippen molar-refractivity contribution < 1.29 is 9.59 Å². The van der Waals surface area contributed by atoms with E-state index in [2.05, 4.69) is 10.3 Å². The van der Waals surface area contributed by atoms with Gasteiger partial charge < -0.3 is 15.1 Å². The Bertz CT molecular complexity index is 826. The highest BCUT2D eigenvalue weighted by atomic mass is 16.2. The van der Waals surface area contributed by atoms with Gasteiger partial charge in [-0.2, -0.15) is 0 Å². The van der Waals surface area contributed by atoms with Gasteiger partial charge in [-0.1, -0.05) is 18.2 Å². The Kier molecular flexibility index (Phi) is 5.74. The molecule has 0 bridgehead atoms. The second-order valence-electron chi connectivity index (χ2n) is 7.15. The molecular weight excluding hydrogens is 340 g/mol. The SMILES string of the molecule is Cc1ccccc1C(=O)NC1CCN(C(=O)c2cc(N(C)C)ccn2)CC1. The van der Waals surface area contributed by atoms with Gasteiger partial charge in [-0.25, -0.2) is 0 Å². The van der Waals surface area contributed by atoms with Crippen molar-refractivity contribution in [1.29, 1.82) is 0 Å². The maximum atomic E-state index is 12.7. The number of nitrogens with zero attached hydrogens (tertiary/aromatic N) is 3. The fourth-order valence-electron chi connectivity index (χ4n) is 3.29. The number of hydrogen-bond acceptors (Lipinski definition) is 4.